The monoisotopic (exact) mass is 299 g/mol. The highest BCUT2D eigenvalue weighted by molar-refractivity contribution is 14.1. The van der Waals surface area contributed by atoms with Gasteiger partial charge in [0.1, 0.15) is 5.82 Å². The van der Waals surface area contributed by atoms with Crippen molar-refractivity contribution in [2.45, 2.75) is 13.3 Å². The van der Waals surface area contributed by atoms with Crippen LogP contribution in [0.2, 0.25) is 0 Å². The quantitative estimate of drug-likeness (QED) is 0.866. The molecule has 14 heavy (non-hydrogen) atoms. The second-order valence-corrected chi connectivity index (χ2v) is 4.22. The van der Waals surface area contributed by atoms with Crippen molar-refractivity contribution < 1.29 is 0 Å². The van der Waals surface area contributed by atoms with Gasteiger partial charge < -0.3 is 0 Å². The Morgan fingerprint density at radius 1 is 1.43 bits per heavy atom. The molecule has 1 aromatic carbocycles. The lowest BCUT2D eigenvalue weighted by Gasteiger charge is -1.94. The van der Waals surface area contributed by atoms with Crippen molar-refractivity contribution >= 4 is 22.6 Å². The van der Waals surface area contributed by atoms with Crippen LogP contribution < -0.4 is 0 Å². The summed E-state index contributed by atoms with van der Waals surface area (Å²) >= 11 is 2.28. The predicted molar refractivity (Wildman–Crippen MR) is 63.9 cm³/mol. The molecule has 1 heterocycles. The molecule has 3 nitrogen and oxygen atoms in total. The topological polar surface area (TPSA) is 41.6 Å². The smallest absolute Gasteiger partial charge is 0.181 e. The van der Waals surface area contributed by atoms with Crippen molar-refractivity contribution in [3.05, 3.63) is 33.7 Å². The largest absolute Gasteiger partial charge is 0.263 e. The van der Waals surface area contributed by atoms with Crippen molar-refractivity contribution in [1.29, 1.82) is 0 Å². The van der Waals surface area contributed by atoms with E-state index in [9.17, 15) is 0 Å². The molecular formula is C10H10IN3. The van der Waals surface area contributed by atoms with Crippen molar-refractivity contribution in [3.8, 4) is 11.4 Å². The molecule has 0 aliphatic rings. The van der Waals surface area contributed by atoms with Gasteiger partial charge in [-0.1, -0.05) is 19.1 Å². The van der Waals surface area contributed by atoms with Gasteiger partial charge in [-0.3, -0.25) is 5.10 Å². The lowest BCUT2D eigenvalue weighted by Crippen LogP contribution is -1.83. The molecule has 0 atom stereocenters. The maximum absolute atomic E-state index is 4.37. The molecule has 0 fully saturated rings. The van der Waals surface area contributed by atoms with Crippen LogP contribution in [0.25, 0.3) is 11.4 Å². The van der Waals surface area contributed by atoms with Crippen LogP contribution in [0, 0.1) is 3.57 Å². The number of H-pyrrole nitrogens is 1. The number of aryl methyl sites for hydroxylation is 1. The second-order valence-electron chi connectivity index (χ2n) is 2.97. The van der Waals surface area contributed by atoms with E-state index in [0.29, 0.717) is 0 Å². The van der Waals surface area contributed by atoms with Crippen LogP contribution in [0.3, 0.4) is 0 Å². The maximum atomic E-state index is 4.37. The Morgan fingerprint density at radius 3 is 2.93 bits per heavy atom. The molecule has 0 spiro atoms. The highest BCUT2D eigenvalue weighted by Crippen LogP contribution is 2.17. The summed E-state index contributed by atoms with van der Waals surface area (Å²) in [6, 6.07) is 8.16. The third kappa shape index (κ3) is 1.95. The minimum Gasteiger partial charge on any atom is -0.263 e. The summed E-state index contributed by atoms with van der Waals surface area (Å²) in [6.07, 6.45) is 0.886. The summed E-state index contributed by atoms with van der Waals surface area (Å²) in [6.45, 7) is 2.05. The summed E-state index contributed by atoms with van der Waals surface area (Å²) in [4.78, 5) is 4.37. The minimum atomic E-state index is 0.778. The zero-order chi connectivity index (χ0) is 9.97. The highest BCUT2D eigenvalue weighted by atomic mass is 127. The lowest BCUT2D eigenvalue weighted by atomic mass is 10.2. The average Bonchev–Trinajstić information content (AvgIpc) is 2.66. The van der Waals surface area contributed by atoms with Gasteiger partial charge in [-0.05, 0) is 34.7 Å². The highest BCUT2D eigenvalue weighted by Gasteiger charge is 2.04. The molecule has 0 aliphatic carbocycles. The average molecular weight is 299 g/mol. The Morgan fingerprint density at radius 2 is 2.29 bits per heavy atom. The van der Waals surface area contributed by atoms with Crippen molar-refractivity contribution in [2.24, 2.45) is 0 Å². The van der Waals surface area contributed by atoms with Gasteiger partial charge in [0.15, 0.2) is 5.82 Å². The molecule has 1 aromatic heterocycles. The minimum absolute atomic E-state index is 0.778. The van der Waals surface area contributed by atoms with Crippen LogP contribution in [0.1, 0.15) is 12.7 Å². The summed E-state index contributed by atoms with van der Waals surface area (Å²) < 4.78 is 1.20. The summed E-state index contributed by atoms with van der Waals surface area (Å²) in [7, 11) is 0. The molecule has 2 rings (SSSR count). The number of hydrogen-bond donors (Lipinski definition) is 1. The number of nitrogens with zero attached hydrogens (tertiary/aromatic N) is 2. The lowest BCUT2D eigenvalue weighted by molar-refractivity contribution is 0.946. The van der Waals surface area contributed by atoms with E-state index in [4.69, 9.17) is 0 Å². The number of aromatic amines is 1. The van der Waals surface area contributed by atoms with E-state index in [0.717, 1.165) is 23.6 Å². The molecule has 0 saturated heterocycles. The molecular weight excluding hydrogens is 289 g/mol. The number of benzene rings is 1. The normalized spacial score (nSPS) is 10.4. The Balaban J connectivity index is 2.39. The first kappa shape index (κ1) is 9.64. The van der Waals surface area contributed by atoms with Gasteiger partial charge in [0.05, 0.1) is 0 Å². The number of halogens is 1. The van der Waals surface area contributed by atoms with Crippen LogP contribution in [0.15, 0.2) is 24.3 Å². The zero-order valence-electron chi connectivity index (χ0n) is 7.79. The van der Waals surface area contributed by atoms with Crippen LogP contribution in [0.5, 0.6) is 0 Å². The number of nitrogens with one attached hydrogen (secondary N) is 1. The molecule has 2 aromatic rings. The van der Waals surface area contributed by atoms with Gasteiger partial charge in [-0.25, -0.2) is 4.98 Å². The fraction of sp³-hybridized carbons (Fsp3) is 0.200. The van der Waals surface area contributed by atoms with Gasteiger partial charge in [0.25, 0.3) is 0 Å². The van der Waals surface area contributed by atoms with Gasteiger partial charge >= 0.3 is 0 Å². The molecule has 0 saturated carbocycles. The van der Waals surface area contributed by atoms with E-state index in [-0.39, 0.29) is 0 Å². The van der Waals surface area contributed by atoms with E-state index in [1.165, 1.54) is 3.57 Å². The number of aromatic nitrogens is 3. The SMILES string of the molecule is CCc1nc(-c2cccc(I)c2)n[nH]1. The molecule has 0 aliphatic heterocycles. The van der Waals surface area contributed by atoms with E-state index < -0.39 is 0 Å². The molecule has 0 unspecified atom stereocenters. The third-order valence-electron chi connectivity index (χ3n) is 1.95. The molecule has 0 amide bonds. The van der Waals surface area contributed by atoms with Crippen LogP contribution >= 0.6 is 22.6 Å². The molecule has 0 bridgehead atoms. The molecule has 72 valence electrons. The number of rotatable bonds is 2. The Labute approximate surface area is 96.1 Å². The van der Waals surface area contributed by atoms with E-state index in [2.05, 4.69) is 56.8 Å². The maximum Gasteiger partial charge on any atom is 0.181 e. The Hall–Kier alpha value is -0.910. The molecule has 0 radical (unpaired) electrons. The Bertz CT molecular complexity index is 436. The standard InChI is InChI=1S/C10H10IN3/c1-2-9-12-10(14-13-9)7-4-3-5-8(11)6-7/h3-6H,2H2,1H3,(H,12,13,14). The summed E-state index contributed by atoms with van der Waals surface area (Å²) in [5.41, 5.74) is 1.06. The van der Waals surface area contributed by atoms with Gasteiger partial charge in [-0.2, -0.15) is 5.10 Å². The van der Waals surface area contributed by atoms with Gasteiger partial charge in [0, 0.05) is 15.6 Å². The van der Waals surface area contributed by atoms with E-state index in [1.807, 2.05) is 12.1 Å². The molecule has 1 N–H and O–H groups in total. The van der Waals surface area contributed by atoms with Crippen molar-refractivity contribution in [2.75, 3.05) is 0 Å². The fourth-order valence-electron chi connectivity index (χ4n) is 1.21. The van der Waals surface area contributed by atoms with Crippen LogP contribution in [-0.4, -0.2) is 15.2 Å². The first-order chi connectivity index (χ1) is 6.79. The fourth-order valence-corrected chi connectivity index (χ4v) is 1.75. The van der Waals surface area contributed by atoms with E-state index in [1.54, 1.807) is 0 Å². The number of hydrogen-bond acceptors (Lipinski definition) is 2. The second kappa shape index (κ2) is 4.08. The van der Waals surface area contributed by atoms with Crippen LogP contribution in [0.4, 0.5) is 0 Å². The summed E-state index contributed by atoms with van der Waals surface area (Å²) in [5.74, 6) is 1.71. The Kier molecular flexibility index (Phi) is 2.81. The third-order valence-corrected chi connectivity index (χ3v) is 2.62. The van der Waals surface area contributed by atoms with Gasteiger partial charge in [0.2, 0.25) is 0 Å². The van der Waals surface area contributed by atoms with Crippen molar-refractivity contribution in [3.63, 3.8) is 0 Å². The zero-order valence-corrected chi connectivity index (χ0v) is 9.95. The summed E-state index contributed by atoms with van der Waals surface area (Å²) in [5, 5.41) is 7.07. The van der Waals surface area contributed by atoms with Crippen molar-refractivity contribution in [1.82, 2.24) is 15.2 Å². The first-order valence-corrected chi connectivity index (χ1v) is 5.54. The predicted octanol–water partition coefficient (Wildman–Crippen LogP) is 2.64. The van der Waals surface area contributed by atoms with Crippen LogP contribution in [-0.2, 0) is 6.42 Å². The van der Waals surface area contributed by atoms with Gasteiger partial charge in [-0.15, -0.1) is 0 Å². The van der Waals surface area contributed by atoms with E-state index >= 15 is 0 Å². The molecule has 4 heteroatoms. The first-order valence-electron chi connectivity index (χ1n) is 4.47.